The molecule has 2 aliphatic heterocycles. The van der Waals surface area contributed by atoms with Crippen molar-refractivity contribution >= 4 is 0 Å². The van der Waals surface area contributed by atoms with Crippen LogP contribution in [-0.2, 0) is 13.0 Å². The predicted octanol–water partition coefficient (Wildman–Crippen LogP) is 3.68. The first-order valence-electron chi connectivity index (χ1n) is 9.30. The maximum absolute atomic E-state index is 2.76. The molecule has 4 rings (SSSR count). The van der Waals surface area contributed by atoms with Crippen LogP contribution in [0.15, 0.2) is 60.7 Å². The fourth-order valence-corrected chi connectivity index (χ4v) is 4.81. The van der Waals surface area contributed by atoms with Crippen molar-refractivity contribution in [1.29, 1.82) is 0 Å². The minimum absolute atomic E-state index is 0.723. The number of rotatable bonds is 5. The molecule has 126 valence electrons. The molecule has 2 aliphatic rings. The molecule has 2 aromatic carbocycles. The summed E-state index contributed by atoms with van der Waals surface area (Å²) < 4.78 is 0. The van der Waals surface area contributed by atoms with E-state index in [1.165, 1.54) is 43.6 Å². The molecule has 24 heavy (non-hydrogen) atoms. The van der Waals surface area contributed by atoms with Crippen LogP contribution in [0.5, 0.6) is 0 Å². The van der Waals surface area contributed by atoms with E-state index in [0.717, 1.165) is 24.4 Å². The topological polar surface area (TPSA) is 6.48 Å². The first-order chi connectivity index (χ1) is 11.8. The van der Waals surface area contributed by atoms with Gasteiger partial charge in [-0.3, -0.25) is 4.90 Å². The van der Waals surface area contributed by atoms with Crippen molar-refractivity contribution in [2.75, 3.05) is 26.7 Å². The first kappa shape index (κ1) is 15.9. The second kappa shape index (κ2) is 7.08. The zero-order chi connectivity index (χ0) is 16.4. The van der Waals surface area contributed by atoms with Gasteiger partial charge in [-0.1, -0.05) is 60.7 Å². The van der Waals surface area contributed by atoms with Gasteiger partial charge in [-0.05, 0) is 42.9 Å². The number of hydrogen-bond donors (Lipinski definition) is 0. The number of aryl methyl sites for hydroxylation is 1. The molecule has 2 aromatic rings. The van der Waals surface area contributed by atoms with Gasteiger partial charge >= 0.3 is 0 Å². The molecule has 2 fully saturated rings. The third-order valence-electron chi connectivity index (χ3n) is 5.91. The van der Waals surface area contributed by atoms with Gasteiger partial charge in [-0.2, -0.15) is 0 Å². The predicted molar refractivity (Wildman–Crippen MR) is 99.9 cm³/mol. The van der Waals surface area contributed by atoms with E-state index in [4.69, 9.17) is 0 Å². The summed E-state index contributed by atoms with van der Waals surface area (Å²) in [6.45, 7) is 4.92. The van der Waals surface area contributed by atoms with Crippen LogP contribution in [0, 0.1) is 11.8 Å². The van der Waals surface area contributed by atoms with E-state index in [2.05, 4.69) is 77.5 Å². The number of fused-ring (bicyclic) bond motifs is 1. The lowest BCUT2D eigenvalue weighted by Crippen LogP contribution is -2.36. The molecule has 0 N–H and O–H groups in total. The highest BCUT2D eigenvalue weighted by molar-refractivity contribution is 5.17. The molecule has 3 atom stereocenters. The molecule has 0 saturated carbocycles. The summed E-state index contributed by atoms with van der Waals surface area (Å²) in [5, 5.41) is 0. The maximum Gasteiger partial charge on any atom is 0.0236 e. The van der Waals surface area contributed by atoms with Crippen LogP contribution in [0.2, 0.25) is 0 Å². The SMILES string of the molecule is CN1C[C@@H]2CN(Cc3ccccc3)[C@@H](CCc3ccccc3)[C@H]2C1. The smallest absolute Gasteiger partial charge is 0.0236 e. The number of benzene rings is 2. The molecular formula is C22H28N2. The molecule has 0 aliphatic carbocycles. The molecular weight excluding hydrogens is 292 g/mol. The first-order valence-corrected chi connectivity index (χ1v) is 9.30. The molecule has 0 spiro atoms. The third-order valence-corrected chi connectivity index (χ3v) is 5.91. The summed E-state index contributed by atoms with van der Waals surface area (Å²) in [5.74, 6) is 1.71. The summed E-state index contributed by atoms with van der Waals surface area (Å²) in [5.41, 5.74) is 2.93. The van der Waals surface area contributed by atoms with Gasteiger partial charge in [0.15, 0.2) is 0 Å². The molecule has 0 unspecified atom stereocenters. The fourth-order valence-electron chi connectivity index (χ4n) is 4.81. The molecule has 2 heteroatoms. The van der Waals surface area contributed by atoms with Crippen molar-refractivity contribution in [3.63, 3.8) is 0 Å². The normalized spacial score (nSPS) is 27.5. The maximum atomic E-state index is 2.76. The molecule has 2 nitrogen and oxygen atoms in total. The fraction of sp³-hybridized carbons (Fsp3) is 0.455. The second-order valence-corrected chi connectivity index (χ2v) is 7.65. The van der Waals surface area contributed by atoms with E-state index in [0.29, 0.717) is 0 Å². The van der Waals surface area contributed by atoms with Crippen molar-refractivity contribution < 1.29 is 0 Å². The summed E-state index contributed by atoms with van der Waals surface area (Å²) in [6.07, 6.45) is 2.48. The van der Waals surface area contributed by atoms with E-state index >= 15 is 0 Å². The van der Waals surface area contributed by atoms with Gasteiger partial charge < -0.3 is 4.90 Å². The van der Waals surface area contributed by atoms with E-state index in [9.17, 15) is 0 Å². The summed E-state index contributed by atoms with van der Waals surface area (Å²) >= 11 is 0. The molecule has 0 bridgehead atoms. The largest absolute Gasteiger partial charge is 0.306 e. The van der Waals surface area contributed by atoms with Crippen LogP contribution in [-0.4, -0.2) is 42.5 Å². The quantitative estimate of drug-likeness (QED) is 0.829. The van der Waals surface area contributed by atoms with E-state index in [1.807, 2.05) is 0 Å². The highest BCUT2D eigenvalue weighted by Crippen LogP contribution is 2.38. The van der Waals surface area contributed by atoms with Gasteiger partial charge in [0.1, 0.15) is 0 Å². The Morgan fingerprint density at radius 2 is 1.50 bits per heavy atom. The monoisotopic (exact) mass is 320 g/mol. The average Bonchev–Trinajstić information content (AvgIpc) is 3.11. The van der Waals surface area contributed by atoms with Crippen LogP contribution >= 0.6 is 0 Å². The zero-order valence-corrected chi connectivity index (χ0v) is 14.6. The van der Waals surface area contributed by atoms with Crippen molar-refractivity contribution in [3.05, 3.63) is 71.8 Å². The van der Waals surface area contributed by atoms with E-state index < -0.39 is 0 Å². The van der Waals surface area contributed by atoms with Gasteiger partial charge in [0.05, 0.1) is 0 Å². The lowest BCUT2D eigenvalue weighted by Gasteiger charge is -2.29. The van der Waals surface area contributed by atoms with Crippen LogP contribution < -0.4 is 0 Å². The minimum atomic E-state index is 0.723. The van der Waals surface area contributed by atoms with Crippen LogP contribution in [0.4, 0.5) is 0 Å². The Bertz CT molecular complexity index is 640. The third kappa shape index (κ3) is 3.40. The molecule has 0 aromatic heterocycles. The van der Waals surface area contributed by atoms with Crippen LogP contribution in [0.3, 0.4) is 0 Å². The lowest BCUT2D eigenvalue weighted by atomic mass is 9.90. The van der Waals surface area contributed by atoms with Crippen LogP contribution in [0.25, 0.3) is 0 Å². The Labute approximate surface area is 146 Å². The molecule has 2 heterocycles. The molecule has 0 radical (unpaired) electrons. The summed E-state index contributed by atoms with van der Waals surface area (Å²) in [6, 6.07) is 22.7. The van der Waals surface area contributed by atoms with Crippen molar-refractivity contribution in [2.45, 2.75) is 25.4 Å². The number of nitrogens with zero attached hydrogens (tertiary/aromatic N) is 2. The van der Waals surface area contributed by atoms with Crippen molar-refractivity contribution in [1.82, 2.24) is 9.80 Å². The second-order valence-electron chi connectivity index (χ2n) is 7.65. The van der Waals surface area contributed by atoms with Gasteiger partial charge in [0.25, 0.3) is 0 Å². The highest BCUT2D eigenvalue weighted by atomic mass is 15.2. The summed E-state index contributed by atoms with van der Waals surface area (Å²) in [4.78, 5) is 5.30. The van der Waals surface area contributed by atoms with E-state index in [-0.39, 0.29) is 0 Å². The Balaban J connectivity index is 1.47. The van der Waals surface area contributed by atoms with Gasteiger partial charge in [0.2, 0.25) is 0 Å². The van der Waals surface area contributed by atoms with Gasteiger partial charge in [0, 0.05) is 32.2 Å². The minimum Gasteiger partial charge on any atom is -0.306 e. The standard InChI is InChI=1S/C22H28N2/c1-23-15-20-16-24(14-19-10-6-3-7-11-19)22(21(20)17-23)13-12-18-8-4-2-5-9-18/h2-11,20-22H,12-17H2,1H3/t20-,21+,22+/m1/s1. The highest BCUT2D eigenvalue weighted by Gasteiger charge is 2.45. The van der Waals surface area contributed by atoms with Crippen molar-refractivity contribution in [2.24, 2.45) is 11.8 Å². The molecule has 2 saturated heterocycles. The molecule has 0 amide bonds. The Morgan fingerprint density at radius 3 is 2.21 bits per heavy atom. The lowest BCUT2D eigenvalue weighted by molar-refractivity contribution is 0.188. The van der Waals surface area contributed by atoms with Gasteiger partial charge in [-0.25, -0.2) is 0 Å². The number of likely N-dealkylation sites (tertiary alicyclic amines) is 2. The summed E-state index contributed by atoms with van der Waals surface area (Å²) in [7, 11) is 2.29. The number of hydrogen-bond acceptors (Lipinski definition) is 2. The van der Waals surface area contributed by atoms with Crippen molar-refractivity contribution in [3.8, 4) is 0 Å². The Morgan fingerprint density at radius 1 is 0.833 bits per heavy atom. The van der Waals surface area contributed by atoms with Gasteiger partial charge in [-0.15, -0.1) is 0 Å². The zero-order valence-electron chi connectivity index (χ0n) is 14.6. The van der Waals surface area contributed by atoms with Crippen LogP contribution in [0.1, 0.15) is 17.5 Å². The average molecular weight is 320 g/mol. The Hall–Kier alpha value is -1.64. The van der Waals surface area contributed by atoms with E-state index in [1.54, 1.807) is 0 Å². The Kier molecular flexibility index (Phi) is 4.68.